The van der Waals surface area contributed by atoms with Crippen LogP contribution < -0.4 is 22.1 Å². The zero-order chi connectivity index (χ0) is 24.6. The Labute approximate surface area is 190 Å². The molecule has 0 saturated heterocycles. The van der Waals surface area contributed by atoms with Gasteiger partial charge >= 0.3 is 0 Å². The number of hydrogen-bond acceptors (Lipinski definition) is 8. The van der Waals surface area contributed by atoms with Gasteiger partial charge < -0.3 is 27.0 Å². The van der Waals surface area contributed by atoms with Crippen molar-refractivity contribution < 1.29 is 23.8 Å². The lowest BCUT2D eigenvalue weighted by atomic mass is 10.1. The third-order valence-corrected chi connectivity index (χ3v) is 7.32. The number of nitrogens with one attached hydrogen (secondary N) is 3. The summed E-state index contributed by atoms with van der Waals surface area (Å²) in [7, 11) is -4.12. The van der Waals surface area contributed by atoms with Gasteiger partial charge in [-0.1, -0.05) is 42.5 Å². The minimum atomic E-state index is -4.12. The Hall–Kier alpha value is -3.15. The number of aromatic amines is 1. The summed E-state index contributed by atoms with van der Waals surface area (Å²) in [5.74, 6) is -3.91. The highest BCUT2D eigenvalue weighted by Gasteiger charge is 2.37. The highest BCUT2D eigenvalue weighted by Crippen LogP contribution is 2.48. The van der Waals surface area contributed by atoms with Crippen LogP contribution in [0.3, 0.4) is 0 Å². The van der Waals surface area contributed by atoms with E-state index in [9.17, 15) is 23.8 Å². The lowest BCUT2D eigenvalue weighted by Crippen LogP contribution is -2.48. The van der Waals surface area contributed by atoms with Gasteiger partial charge in [0.15, 0.2) is 5.82 Å². The number of nitrogens with two attached hydrogens (primary N) is 2. The van der Waals surface area contributed by atoms with Crippen molar-refractivity contribution in [3.63, 3.8) is 0 Å². The summed E-state index contributed by atoms with van der Waals surface area (Å²) in [5.41, 5.74) is 11.8. The summed E-state index contributed by atoms with van der Waals surface area (Å²) in [6.07, 6.45) is -0.413. The number of hydrogen-bond donors (Lipinski definition) is 6. The molecule has 2 rings (SSSR count). The largest absolute Gasteiger partial charge is 0.368 e. The molecule has 2 aromatic rings. The van der Waals surface area contributed by atoms with Gasteiger partial charge in [-0.05, 0) is 12.5 Å². The van der Waals surface area contributed by atoms with Crippen LogP contribution in [0.15, 0.2) is 30.3 Å². The lowest BCUT2D eigenvalue weighted by molar-refractivity contribution is -0.128. The molecule has 14 heteroatoms. The van der Waals surface area contributed by atoms with E-state index >= 15 is 0 Å². The molecule has 0 aliphatic heterocycles. The summed E-state index contributed by atoms with van der Waals surface area (Å²) >= 11 is 0. The van der Waals surface area contributed by atoms with Gasteiger partial charge in [-0.15, -0.1) is 10.2 Å². The van der Waals surface area contributed by atoms with Gasteiger partial charge in [-0.3, -0.25) is 18.9 Å². The first-order valence-corrected chi connectivity index (χ1v) is 12.1. The first-order valence-electron chi connectivity index (χ1n) is 10.2. The Bertz CT molecular complexity index is 987. The minimum absolute atomic E-state index is 0.0278. The second-order valence-corrected chi connectivity index (χ2v) is 10.3. The molecule has 0 aliphatic rings. The maximum Gasteiger partial charge on any atom is 0.239 e. The molecule has 5 atom stereocenters. The highest BCUT2D eigenvalue weighted by atomic mass is 31.2. The van der Waals surface area contributed by atoms with Gasteiger partial charge in [-0.2, -0.15) is 5.21 Å². The van der Waals surface area contributed by atoms with E-state index in [1.807, 2.05) is 0 Å². The van der Waals surface area contributed by atoms with Gasteiger partial charge in [-0.25, -0.2) is 0 Å². The Morgan fingerprint density at radius 1 is 1.12 bits per heavy atom. The summed E-state index contributed by atoms with van der Waals surface area (Å²) < 4.78 is 13.3. The van der Waals surface area contributed by atoms with Crippen LogP contribution in [0.2, 0.25) is 0 Å². The smallest absolute Gasteiger partial charge is 0.239 e. The molecule has 1 unspecified atom stereocenters. The van der Waals surface area contributed by atoms with Crippen molar-refractivity contribution in [2.24, 2.45) is 17.4 Å². The molecule has 3 amide bonds. The zero-order valence-electron chi connectivity index (χ0n) is 18.3. The number of carbonyl (C=O) groups is 3. The molecule has 33 heavy (non-hydrogen) atoms. The fourth-order valence-corrected chi connectivity index (χ4v) is 5.02. The topological polar surface area (TPSA) is 219 Å². The number of aromatic nitrogens is 4. The molecule has 8 N–H and O–H groups in total. The number of nitrogens with zero attached hydrogens (tertiary/aromatic N) is 3. The van der Waals surface area contributed by atoms with Crippen molar-refractivity contribution >= 4 is 25.1 Å². The molecule has 1 heterocycles. The fourth-order valence-electron chi connectivity index (χ4n) is 2.99. The molecular weight excluding hydrogens is 451 g/mol. The van der Waals surface area contributed by atoms with Crippen LogP contribution in [0, 0.1) is 5.92 Å². The number of benzene rings is 1. The number of primary amides is 1. The third-order valence-electron chi connectivity index (χ3n) is 4.96. The van der Waals surface area contributed by atoms with Crippen LogP contribution in [0.25, 0.3) is 0 Å². The number of tetrazole rings is 1. The molecule has 0 bridgehead atoms. The van der Waals surface area contributed by atoms with Crippen LogP contribution in [0.1, 0.15) is 25.2 Å². The molecule has 1 aromatic carbocycles. The van der Waals surface area contributed by atoms with Crippen molar-refractivity contribution in [3.05, 3.63) is 41.7 Å². The summed E-state index contributed by atoms with van der Waals surface area (Å²) in [4.78, 5) is 47.1. The Balaban J connectivity index is 2.15. The van der Waals surface area contributed by atoms with Crippen molar-refractivity contribution in [3.8, 4) is 0 Å². The first-order chi connectivity index (χ1) is 15.5. The summed E-state index contributed by atoms with van der Waals surface area (Å²) in [5, 5.41) is 18.1. The monoisotopic (exact) mass is 480 g/mol. The molecule has 0 aliphatic carbocycles. The van der Waals surface area contributed by atoms with Crippen LogP contribution in [-0.4, -0.2) is 67.3 Å². The van der Waals surface area contributed by atoms with E-state index in [1.54, 1.807) is 30.3 Å². The molecule has 0 fully saturated rings. The average Bonchev–Trinajstić information content (AvgIpc) is 3.26. The highest BCUT2D eigenvalue weighted by molar-refractivity contribution is 7.58. The number of H-pyrrole nitrogens is 1. The second-order valence-electron chi connectivity index (χ2n) is 7.82. The van der Waals surface area contributed by atoms with Gasteiger partial charge in [0, 0.05) is 24.9 Å². The normalized spacial score (nSPS) is 16.6. The summed E-state index contributed by atoms with van der Waals surface area (Å²) in [6, 6.07) is 6.81. The van der Waals surface area contributed by atoms with Crippen LogP contribution in [0.5, 0.6) is 0 Å². The molecule has 180 valence electrons. The molecule has 1 aromatic heterocycles. The Morgan fingerprint density at radius 2 is 1.79 bits per heavy atom. The van der Waals surface area contributed by atoms with E-state index in [1.165, 1.54) is 13.8 Å². The maximum atomic E-state index is 13.3. The van der Waals surface area contributed by atoms with E-state index in [0.717, 1.165) is 0 Å². The van der Waals surface area contributed by atoms with E-state index in [-0.39, 0.29) is 18.7 Å². The predicted molar refractivity (Wildman–Crippen MR) is 119 cm³/mol. The fraction of sp³-hybridized carbons (Fsp3) is 0.474. The van der Waals surface area contributed by atoms with Crippen LogP contribution in [0.4, 0.5) is 0 Å². The Kier molecular flexibility index (Phi) is 9.21. The van der Waals surface area contributed by atoms with Crippen molar-refractivity contribution in [2.45, 2.75) is 44.6 Å². The van der Waals surface area contributed by atoms with Crippen LogP contribution >= 0.6 is 7.37 Å². The SMILES string of the molecule is C[C@H](CP(=O)(O)[C@H](Cc1ccccc1)NC(=O)[C@H](N)Cc1nn[nH]n1)C(=O)N[C@@H](C)C(N)=O. The number of rotatable bonds is 12. The minimum Gasteiger partial charge on any atom is -0.368 e. The van der Waals surface area contributed by atoms with Crippen molar-refractivity contribution in [2.75, 3.05) is 6.16 Å². The molecule has 0 saturated carbocycles. The van der Waals surface area contributed by atoms with Crippen LogP contribution in [-0.2, 0) is 31.8 Å². The van der Waals surface area contributed by atoms with E-state index in [2.05, 4.69) is 31.3 Å². The molecule has 0 radical (unpaired) electrons. The lowest BCUT2D eigenvalue weighted by Gasteiger charge is -2.27. The second kappa shape index (κ2) is 11.6. The van der Waals surface area contributed by atoms with Gasteiger partial charge in [0.2, 0.25) is 25.1 Å². The van der Waals surface area contributed by atoms with Crippen molar-refractivity contribution in [1.29, 1.82) is 0 Å². The van der Waals surface area contributed by atoms with E-state index in [4.69, 9.17) is 11.5 Å². The maximum absolute atomic E-state index is 13.3. The van der Waals surface area contributed by atoms with Gasteiger partial charge in [0.05, 0.1) is 6.04 Å². The number of amides is 3. The first kappa shape index (κ1) is 26.1. The summed E-state index contributed by atoms with van der Waals surface area (Å²) in [6.45, 7) is 2.87. The predicted octanol–water partition coefficient (Wildman–Crippen LogP) is -1.35. The number of carbonyl (C=O) groups excluding carboxylic acids is 3. The molecule has 0 spiro atoms. The quantitative estimate of drug-likeness (QED) is 0.197. The van der Waals surface area contributed by atoms with E-state index in [0.29, 0.717) is 5.56 Å². The van der Waals surface area contributed by atoms with Gasteiger partial charge in [0.25, 0.3) is 0 Å². The molecule has 13 nitrogen and oxygen atoms in total. The van der Waals surface area contributed by atoms with Gasteiger partial charge in [0.1, 0.15) is 11.8 Å². The third kappa shape index (κ3) is 8.04. The van der Waals surface area contributed by atoms with Crippen molar-refractivity contribution in [1.82, 2.24) is 31.3 Å². The molecular formula is C19H29N8O5P. The standard InChI is InChI=1S/C19H29N8O5P/c1-11(18(29)22-12(2)17(21)28)10-33(31,32)16(8-13-6-4-3-5-7-13)23-19(30)14(20)9-15-24-26-27-25-15/h3-7,11-12,14,16H,8-10,20H2,1-2H3,(H2,21,28)(H,22,29)(H,23,30)(H,31,32)(H,24,25,26,27)/t11-,12+,14-,16-/m1/s1. The zero-order valence-corrected chi connectivity index (χ0v) is 19.2. The Morgan fingerprint density at radius 3 is 2.36 bits per heavy atom. The average molecular weight is 480 g/mol. The van der Waals surface area contributed by atoms with E-state index < -0.39 is 55.0 Å².